The van der Waals surface area contributed by atoms with Crippen LogP contribution in [0.2, 0.25) is 0 Å². The Hall–Kier alpha value is -0.610. The molecule has 2 aliphatic rings. The molecule has 2 saturated heterocycles. The van der Waals surface area contributed by atoms with Crippen molar-refractivity contribution in [2.45, 2.75) is 37.6 Å². The Bertz CT molecular complexity index is 390. The highest BCUT2D eigenvalue weighted by Gasteiger charge is 2.43. The topological polar surface area (TPSA) is 62.8 Å². The van der Waals surface area contributed by atoms with Crippen LogP contribution in [0.3, 0.4) is 0 Å². The van der Waals surface area contributed by atoms with E-state index >= 15 is 0 Å². The van der Waals surface area contributed by atoms with Crippen LogP contribution in [0.1, 0.15) is 19.3 Å². The van der Waals surface area contributed by atoms with Crippen molar-refractivity contribution < 1.29 is 27.4 Å². The van der Waals surface area contributed by atoms with E-state index in [1.165, 1.54) is 4.90 Å². The molecule has 2 heterocycles. The molecule has 10 heteroatoms. The number of carbonyl (C=O) groups is 1. The average molecular weight is 390 g/mol. The summed E-state index contributed by atoms with van der Waals surface area (Å²) < 4.78 is 50.4. The van der Waals surface area contributed by atoms with Gasteiger partial charge in [0.15, 0.2) is 0 Å². The molecule has 6 nitrogen and oxygen atoms in total. The molecule has 25 heavy (non-hydrogen) atoms. The SMILES string of the molecule is Cl.O=C(CCOC1CCOCC1)NCC(N1CCNCC1)C(F)(F)F. The van der Waals surface area contributed by atoms with Crippen molar-refractivity contribution in [3.63, 3.8) is 0 Å². The molecule has 0 aromatic rings. The van der Waals surface area contributed by atoms with Crippen LogP contribution in [0, 0.1) is 0 Å². The van der Waals surface area contributed by atoms with Crippen LogP contribution in [0.25, 0.3) is 0 Å². The number of halogens is 4. The minimum Gasteiger partial charge on any atom is -0.381 e. The number of amides is 1. The van der Waals surface area contributed by atoms with Gasteiger partial charge in [0.2, 0.25) is 5.91 Å². The third-order valence-corrected chi connectivity index (χ3v) is 4.31. The Morgan fingerprint density at radius 2 is 1.92 bits per heavy atom. The third-order valence-electron chi connectivity index (χ3n) is 4.31. The first-order valence-corrected chi connectivity index (χ1v) is 8.44. The van der Waals surface area contributed by atoms with Crippen molar-refractivity contribution >= 4 is 18.3 Å². The van der Waals surface area contributed by atoms with Gasteiger partial charge in [0, 0.05) is 52.4 Å². The summed E-state index contributed by atoms with van der Waals surface area (Å²) in [6.45, 7) is 2.81. The molecule has 0 aliphatic carbocycles. The number of piperazine rings is 1. The average Bonchev–Trinajstić information content (AvgIpc) is 2.56. The number of ether oxygens (including phenoxy) is 2. The zero-order valence-corrected chi connectivity index (χ0v) is 15.0. The van der Waals surface area contributed by atoms with Crippen LogP contribution in [-0.2, 0) is 14.3 Å². The smallest absolute Gasteiger partial charge is 0.381 e. The fourth-order valence-electron chi connectivity index (χ4n) is 2.91. The predicted molar refractivity (Wildman–Crippen MR) is 89.0 cm³/mol. The van der Waals surface area contributed by atoms with Crippen molar-refractivity contribution in [2.75, 3.05) is 52.5 Å². The van der Waals surface area contributed by atoms with Gasteiger partial charge in [-0.15, -0.1) is 12.4 Å². The summed E-state index contributed by atoms with van der Waals surface area (Å²) in [4.78, 5) is 13.2. The van der Waals surface area contributed by atoms with E-state index < -0.39 is 24.7 Å². The van der Waals surface area contributed by atoms with Crippen LogP contribution in [-0.4, -0.2) is 81.7 Å². The van der Waals surface area contributed by atoms with Crippen LogP contribution < -0.4 is 10.6 Å². The molecule has 2 N–H and O–H groups in total. The second kappa shape index (κ2) is 11.2. The molecule has 1 atom stereocenters. The fourth-order valence-corrected chi connectivity index (χ4v) is 2.91. The molecule has 2 aliphatic heterocycles. The van der Waals surface area contributed by atoms with Gasteiger partial charge < -0.3 is 20.1 Å². The Labute approximate surface area is 152 Å². The summed E-state index contributed by atoms with van der Waals surface area (Å²) >= 11 is 0. The zero-order valence-electron chi connectivity index (χ0n) is 14.1. The number of alkyl halides is 3. The van der Waals surface area contributed by atoms with E-state index in [1.54, 1.807) is 0 Å². The van der Waals surface area contributed by atoms with E-state index in [2.05, 4.69) is 10.6 Å². The first-order valence-electron chi connectivity index (χ1n) is 8.44. The van der Waals surface area contributed by atoms with Crippen LogP contribution in [0.5, 0.6) is 0 Å². The van der Waals surface area contributed by atoms with E-state index in [-0.39, 0.29) is 31.5 Å². The Morgan fingerprint density at radius 3 is 2.52 bits per heavy atom. The lowest BCUT2D eigenvalue weighted by atomic mass is 10.1. The second-order valence-electron chi connectivity index (χ2n) is 6.08. The Balaban J connectivity index is 0.00000312. The molecule has 1 unspecified atom stereocenters. The number of rotatable bonds is 7. The van der Waals surface area contributed by atoms with Gasteiger partial charge in [-0.2, -0.15) is 13.2 Å². The molecule has 0 spiro atoms. The normalized spacial score (nSPS) is 21.4. The summed E-state index contributed by atoms with van der Waals surface area (Å²) in [6, 6.07) is -1.64. The lowest BCUT2D eigenvalue weighted by Gasteiger charge is -2.35. The number of nitrogens with zero attached hydrogens (tertiary/aromatic N) is 1. The quantitative estimate of drug-likeness (QED) is 0.678. The van der Waals surface area contributed by atoms with Gasteiger partial charge in [-0.1, -0.05) is 0 Å². The predicted octanol–water partition coefficient (Wildman–Crippen LogP) is 0.946. The monoisotopic (exact) mass is 389 g/mol. The largest absolute Gasteiger partial charge is 0.405 e. The standard InChI is InChI=1S/C15H26F3N3O3.ClH/c16-15(17,18)13(21-6-4-19-5-7-21)11-20-14(22)3-10-24-12-1-8-23-9-2-12;/h12-13,19H,1-11H2,(H,20,22);1H. The zero-order chi connectivity index (χ0) is 17.4. The highest BCUT2D eigenvalue weighted by atomic mass is 35.5. The van der Waals surface area contributed by atoms with E-state index in [0.29, 0.717) is 39.4 Å². The van der Waals surface area contributed by atoms with E-state index in [4.69, 9.17) is 9.47 Å². The number of nitrogens with one attached hydrogen (secondary N) is 2. The second-order valence-corrected chi connectivity index (χ2v) is 6.08. The number of hydrogen-bond acceptors (Lipinski definition) is 5. The maximum absolute atomic E-state index is 13.2. The molecule has 1 amide bonds. The molecule has 0 aromatic carbocycles. The molecule has 0 radical (unpaired) electrons. The summed E-state index contributed by atoms with van der Waals surface area (Å²) in [6.07, 6.45) is -2.62. The highest BCUT2D eigenvalue weighted by Crippen LogP contribution is 2.24. The summed E-state index contributed by atoms with van der Waals surface area (Å²) in [5, 5.41) is 5.42. The minimum absolute atomic E-state index is 0. The van der Waals surface area contributed by atoms with Crippen molar-refractivity contribution in [1.29, 1.82) is 0 Å². The van der Waals surface area contributed by atoms with Gasteiger partial charge in [0.05, 0.1) is 12.7 Å². The molecular weight excluding hydrogens is 363 g/mol. The summed E-state index contributed by atoms with van der Waals surface area (Å²) in [5.74, 6) is -0.411. The summed E-state index contributed by atoms with van der Waals surface area (Å²) in [5.41, 5.74) is 0. The highest BCUT2D eigenvalue weighted by molar-refractivity contribution is 5.85. The van der Waals surface area contributed by atoms with Crippen LogP contribution >= 0.6 is 12.4 Å². The lowest BCUT2D eigenvalue weighted by molar-refractivity contribution is -0.184. The Morgan fingerprint density at radius 1 is 1.28 bits per heavy atom. The first kappa shape index (κ1) is 22.4. The van der Waals surface area contributed by atoms with Gasteiger partial charge in [-0.05, 0) is 12.8 Å². The van der Waals surface area contributed by atoms with Gasteiger partial charge in [0.1, 0.15) is 6.04 Å². The van der Waals surface area contributed by atoms with Crippen molar-refractivity contribution in [3.8, 4) is 0 Å². The third kappa shape index (κ3) is 8.08. The van der Waals surface area contributed by atoms with E-state index in [0.717, 1.165) is 12.8 Å². The summed E-state index contributed by atoms with van der Waals surface area (Å²) in [7, 11) is 0. The number of hydrogen-bond donors (Lipinski definition) is 2. The number of carbonyl (C=O) groups excluding carboxylic acids is 1. The molecule has 2 rings (SSSR count). The first-order chi connectivity index (χ1) is 11.5. The van der Waals surface area contributed by atoms with Gasteiger partial charge in [-0.25, -0.2) is 0 Å². The van der Waals surface area contributed by atoms with Crippen molar-refractivity contribution in [2.24, 2.45) is 0 Å². The van der Waals surface area contributed by atoms with E-state index in [9.17, 15) is 18.0 Å². The molecule has 2 fully saturated rings. The molecule has 0 aromatic heterocycles. The molecular formula is C15H27ClF3N3O3. The minimum atomic E-state index is -4.36. The maximum atomic E-state index is 13.2. The molecule has 0 saturated carbocycles. The van der Waals surface area contributed by atoms with Gasteiger partial charge in [0.25, 0.3) is 0 Å². The van der Waals surface area contributed by atoms with Crippen LogP contribution in [0.15, 0.2) is 0 Å². The maximum Gasteiger partial charge on any atom is 0.405 e. The van der Waals surface area contributed by atoms with Gasteiger partial charge in [-0.3, -0.25) is 9.69 Å². The fraction of sp³-hybridized carbons (Fsp3) is 0.933. The van der Waals surface area contributed by atoms with Gasteiger partial charge >= 0.3 is 6.18 Å². The lowest BCUT2D eigenvalue weighted by Crippen LogP contribution is -2.57. The van der Waals surface area contributed by atoms with Crippen molar-refractivity contribution in [1.82, 2.24) is 15.5 Å². The molecule has 0 bridgehead atoms. The van der Waals surface area contributed by atoms with Crippen LogP contribution in [0.4, 0.5) is 13.2 Å². The van der Waals surface area contributed by atoms with E-state index in [1.807, 2.05) is 0 Å². The Kier molecular flexibility index (Phi) is 10.0. The molecule has 148 valence electrons. The van der Waals surface area contributed by atoms with Crippen molar-refractivity contribution in [3.05, 3.63) is 0 Å².